The second kappa shape index (κ2) is 6.62. The van der Waals surface area contributed by atoms with Gasteiger partial charge in [-0.25, -0.2) is 0 Å². The molecule has 1 aliphatic carbocycles. The molecule has 106 valence electrons. The topological polar surface area (TPSA) is 15.3 Å². The zero-order valence-electron chi connectivity index (χ0n) is 12.4. The Labute approximate surface area is 117 Å². The Morgan fingerprint density at radius 1 is 1.39 bits per heavy atom. The van der Waals surface area contributed by atoms with E-state index >= 15 is 0 Å². The number of hydrogen-bond acceptors (Lipinski definition) is 3. The van der Waals surface area contributed by atoms with Gasteiger partial charge < -0.3 is 5.32 Å². The molecule has 0 amide bonds. The number of hydrogen-bond donors (Lipinski definition) is 1. The second-order valence-electron chi connectivity index (χ2n) is 6.42. The van der Waals surface area contributed by atoms with Crippen LogP contribution in [0.25, 0.3) is 0 Å². The van der Waals surface area contributed by atoms with E-state index < -0.39 is 0 Å². The van der Waals surface area contributed by atoms with Gasteiger partial charge in [-0.2, -0.15) is 11.8 Å². The predicted octanol–water partition coefficient (Wildman–Crippen LogP) is 2.98. The number of nitrogens with one attached hydrogen (secondary N) is 1. The summed E-state index contributed by atoms with van der Waals surface area (Å²) in [6.45, 7) is 8.55. The van der Waals surface area contributed by atoms with E-state index in [1.807, 2.05) is 11.8 Å². The molecule has 1 aliphatic heterocycles. The highest BCUT2D eigenvalue weighted by Crippen LogP contribution is 2.33. The summed E-state index contributed by atoms with van der Waals surface area (Å²) in [7, 11) is 0. The summed E-state index contributed by atoms with van der Waals surface area (Å²) in [4.78, 5) is 2.79. The van der Waals surface area contributed by atoms with E-state index in [1.54, 1.807) is 0 Å². The summed E-state index contributed by atoms with van der Waals surface area (Å²) < 4.78 is 0. The highest BCUT2D eigenvalue weighted by Gasteiger charge is 2.40. The molecule has 2 nitrogen and oxygen atoms in total. The van der Waals surface area contributed by atoms with Gasteiger partial charge in [0.15, 0.2) is 0 Å². The van der Waals surface area contributed by atoms with Crippen LogP contribution in [-0.2, 0) is 0 Å². The molecule has 2 fully saturated rings. The van der Waals surface area contributed by atoms with Crippen molar-refractivity contribution in [2.24, 2.45) is 5.92 Å². The van der Waals surface area contributed by atoms with Crippen molar-refractivity contribution in [1.29, 1.82) is 0 Å². The lowest BCUT2D eigenvalue weighted by Crippen LogP contribution is -2.63. The van der Waals surface area contributed by atoms with Crippen LogP contribution in [0.4, 0.5) is 0 Å². The fraction of sp³-hybridized carbons (Fsp3) is 1.00. The van der Waals surface area contributed by atoms with E-state index in [-0.39, 0.29) is 0 Å². The average molecular weight is 270 g/mol. The van der Waals surface area contributed by atoms with Gasteiger partial charge in [0.05, 0.1) is 0 Å². The van der Waals surface area contributed by atoms with Crippen molar-refractivity contribution < 1.29 is 0 Å². The Balaban J connectivity index is 1.94. The normalized spacial score (nSPS) is 29.8. The third-order valence-electron chi connectivity index (χ3n) is 4.76. The fourth-order valence-electron chi connectivity index (χ4n) is 3.78. The van der Waals surface area contributed by atoms with E-state index in [2.05, 4.69) is 30.3 Å². The van der Waals surface area contributed by atoms with Gasteiger partial charge in [0.2, 0.25) is 0 Å². The predicted molar refractivity (Wildman–Crippen MR) is 82.4 cm³/mol. The Morgan fingerprint density at radius 3 is 2.72 bits per heavy atom. The first kappa shape index (κ1) is 14.7. The molecule has 0 aromatic rings. The van der Waals surface area contributed by atoms with Crippen molar-refractivity contribution in [3.8, 4) is 0 Å². The molecule has 2 unspecified atom stereocenters. The van der Waals surface area contributed by atoms with E-state index in [1.165, 1.54) is 57.5 Å². The Hall–Kier alpha value is 0.270. The molecule has 2 rings (SSSR count). The molecule has 1 saturated carbocycles. The van der Waals surface area contributed by atoms with Crippen LogP contribution in [0.2, 0.25) is 0 Å². The summed E-state index contributed by atoms with van der Waals surface area (Å²) >= 11 is 1.99. The summed E-state index contributed by atoms with van der Waals surface area (Å²) in [5, 5.41) is 3.88. The van der Waals surface area contributed by atoms with Crippen LogP contribution in [-0.4, -0.2) is 48.1 Å². The standard InChI is InChI=1S/C15H30N2S/c1-4-14-9-16-15(7-5-6-8-15)12-17(14)10-13(2)11-18-3/h13-14,16H,4-12H2,1-3H3. The van der Waals surface area contributed by atoms with Crippen LogP contribution in [0.15, 0.2) is 0 Å². The van der Waals surface area contributed by atoms with Crippen molar-refractivity contribution in [3.63, 3.8) is 0 Å². The fourth-order valence-corrected chi connectivity index (χ4v) is 4.45. The largest absolute Gasteiger partial charge is 0.308 e. The van der Waals surface area contributed by atoms with Crippen LogP contribution < -0.4 is 5.32 Å². The molecule has 2 aliphatic rings. The maximum Gasteiger partial charge on any atom is 0.0309 e. The van der Waals surface area contributed by atoms with E-state index in [0.717, 1.165) is 12.0 Å². The Bertz CT molecular complexity index is 251. The third-order valence-corrected chi connectivity index (χ3v) is 5.67. The SMILES string of the molecule is CCC1CNC2(CCCC2)CN1CC(C)CSC. The van der Waals surface area contributed by atoms with Gasteiger partial charge in [-0.15, -0.1) is 0 Å². The molecule has 1 N–H and O–H groups in total. The summed E-state index contributed by atoms with van der Waals surface area (Å²) in [5.41, 5.74) is 0.477. The van der Waals surface area contributed by atoms with Crippen LogP contribution in [0.5, 0.6) is 0 Å². The monoisotopic (exact) mass is 270 g/mol. The van der Waals surface area contributed by atoms with Crippen molar-refractivity contribution in [1.82, 2.24) is 10.2 Å². The Kier molecular flexibility index (Phi) is 5.40. The van der Waals surface area contributed by atoms with Gasteiger partial charge in [-0.3, -0.25) is 4.90 Å². The first-order valence-corrected chi connectivity index (χ1v) is 9.06. The molecule has 0 aromatic heterocycles. The quantitative estimate of drug-likeness (QED) is 0.827. The van der Waals surface area contributed by atoms with Gasteiger partial charge in [0.1, 0.15) is 0 Å². The first-order valence-electron chi connectivity index (χ1n) is 7.67. The molecule has 3 heteroatoms. The summed E-state index contributed by atoms with van der Waals surface area (Å²) in [6.07, 6.45) is 9.17. The molecule has 0 bridgehead atoms. The molecule has 2 atom stereocenters. The van der Waals surface area contributed by atoms with Crippen molar-refractivity contribution in [2.75, 3.05) is 31.6 Å². The lowest BCUT2D eigenvalue weighted by atomic mass is 9.91. The van der Waals surface area contributed by atoms with Crippen LogP contribution in [0, 0.1) is 5.92 Å². The van der Waals surface area contributed by atoms with Crippen molar-refractivity contribution >= 4 is 11.8 Å². The third kappa shape index (κ3) is 3.43. The second-order valence-corrected chi connectivity index (χ2v) is 7.33. The lowest BCUT2D eigenvalue weighted by molar-refractivity contribution is 0.0688. The van der Waals surface area contributed by atoms with Crippen molar-refractivity contribution in [3.05, 3.63) is 0 Å². The van der Waals surface area contributed by atoms with E-state index in [4.69, 9.17) is 0 Å². The number of piperazine rings is 1. The number of rotatable bonds is 5. The minimum absolute atomic E-state index is 0.477. The van der Waals surface area contributed by atoms with Crippen LogP contribution >= 0.6 is 11.8 Å². The maximum absolute atomic E-state index is 3.88. The van der Waals surface area contributed by atoms with Crippen molar-refractivity contribution in [2.45, 2.75) is 57.5 Å². The highest BCUT2D eigenvalue weighted by molar-refractivity contribution is 7.98. The summed E-state index contributed by atoms with van der Waals surface area (Å²) in [5.74, 6) is 2.12. The maximum atomic E-state index is 3.88. The van der Waals surface area contributed by atoms with E-state index in [0.29, 0.717) is 5.54 Å². The van der Waals surface area contributed by atoms with Gasteiger partial charge in [-0.1, -0.05) is 26.7 Å². The first-order chi connectivity index (χ1) is 8.69. The number of nitrogens with zero attached hydrogens (tertiary/aromatic N) is 1. The number of thioether (sulfide) groups is 1. The molecular formula is C15H30N2S. The molecule has 0 radical (unpaired) electrons. The zero-order chi connectivity index (χ0) is 13.0. The van der Waals surface area contributed by atoms with Gasteiger partial charge in [0.25, 0.3) is 0 Å². The lowest BCUT2D eigenvalue weighted by Gasteiger charge is -2.47. The van der Waals surface area contributed by atoms with Crippen LogP contribution in [0.3, 0.4) is 0 Å². The molecule has 0 aromatic carbocycles. The van der Waals surface area contributed by atoms with E-state index in [9.17, 15) is 0 Å². The smallest absolute Gasteiger partial charge is 0.0309 e. The zero-order valence-corrected chi connectivity index (χ0v) is 13.2. The average Bonchev–Trinajstić information content (AvgIpc) is 2.78. The molecule has 1 saturated heterocycles. The van der Waals surface area contributed by atoms with Gasteiger partial charge in [-0.05, 0) is 37.2 Å². The minimum atomic E-state index is 0.477. The molecule has 18 heavy (non-hydrogen) atoms. The van der Waals surface area contributed by atoms with Crippen LogP contribution in [0.1, 0.15) is 46.0 Å². The molecular weight excluding hydrogens is 240 g/mol. The highest BCUT2D eigenvalue weighted by atomic mass is 32.2. The minimum Gasteiger partial charge on any atom is -0.308 e. The Morgan fingerprint density at radius 2 is 2.11 bits per heavy atom. The molecule has 1 heterocycles. The van der Waals surface area contributed by atoms with Gasteiger partial charge in [0, 0.05) is 31.2 Å². The van der Waals surface area contributed by atoms with Gasteiger partial charge >= 0.3 is 0 Å². The molecule has 1 spiro atoms. The summed E-state index contributed by atoms with van der Waals surface area (Å²) in [6, 6.07) is 0.764.